The highest BCUT2D eigenvalue weighted by Crippen LogP contribution is 2.40. The standard InChI is InChI=1S/C39H46O9Si/c1-39(2,3)49(6,7)48-25-30-21-33(46-26-42-4)36(34(22-30)47-27-43-5)37(40)35-31(38(41)45-24-29-17-12-9-13-18-29)19-14-20-32(35)44-23-28-15-10-8-11-16-28/h8-22H,23-27H2,1-7H3. The molecule has 0 N–H and O–H groups in total. The summed E-state index contributed by atoms with van der Waals surface area (Å²) in [5.41, 5.74) is 2.53. The van der Waals surface area contributed by atoms with E-state index in [1.165, 1.54) is 14.2 Å². The molecule has 0 saturated carbocycles. The summed E-state index contributed by atoms with van der Waals surface area (Å²) in [6.07, 6.45) is 0. The molecule has 10 heteroatoms. The fourth-order valence-electron chi connectivity index (χ4n) is 4.62. The van der Waals surface area contributed by atoms with Crippen molar-refractivity contribution in [3.05, 3.63) is 124 Å². The van der Waals surface area contributed by atoms with E-state index in [0.717, 1.165) is 16.7 Å². The first kappa shape index (κ1) is 37.3. The van der Waals surface area contributed by atoms with E-state index in [9.17, 15) is 9.59 Å². The number of ketones is 1. The molecule has 0 aliphatic rings. The predicted molar refractivity (Wildman–Crippen MR) is 190 cm³/mol. The Morgan fingerprint density at radius 3 is 1.69 bits per heavy atom. The Morgan fingerprint density at radius 2 is 1.16 bits per heavy atom. The summed E-state index contributed by atoms with van der Waals surface area (Å²) < 4.78 is 40.9. The molecule has 0 radical (unpaired) electrons. The number of hydrogen-bond donors (Lipinski definition) is 0. The van der Waals surface area contributed by atoms with Gasteiger partial charge < -0.3 is 32.8 Å². The van der Waals surface area contributed by atoms with Crippen LogP contribution in [0.2, 0.25) is 18.1 Å². The van der Waals surface area contributed by atoms with Crippen LogP contribution in [0, 0.1) is 0 Å². The van der Waals surface area contributed by atoms with Crippen molar-refractivity contribution in [1.82, 2.24) is 0 Å². The first-order valence-electron chi connectivity index (χ1n) is 16.0. The van der Waals surface area contributed by atoms with E-state index in [4.69, 9.17) is 32.8 Å². The molecule has 0 atom stereocenters. The number of esters is 1. The molecule has 0 spiro atoms. The van der Waals surface area contributed by atoms with Gasteiger partial charge in [-0.15, -0.1) is 0 Å². The SMILES string of the molecule is COCOc1cc(CO[Si](C)(C)C(C)(C)C)cc(OCOC)c1C(=O)c1c(OCc2ccccc2)cccc1C(=O)OCc1ccccc1. The number of benzene rings is 4. The molecule has 0 bridgehead atoms. The average Bonchev–Trinajstić information content (AvgIpc) is 3.10. The van der Waals surface area contributed by atoms with Crippen LogP contribution in [0.25, 0.3) is 0 Å². The summed E-state index contributed by atoms with van der Waals surface area (Å²) in [6.45, 7) is 11.0. The van der Waals surface area contributed by atoms with Crippen molar-refractivity contribution in [3.8, 4) is 17.2 Å². The van der Waals surface area contributed by atoms with Crippen LogP contribution in [0.5, 0.6) is 17.2 Å². The van der Waals surface area contributed by atoms with Crippen molar-refractivity contribution in [2.75, 3.05) is 27.8 Å². The predicted octanol–water partition coefficient (Wildman–Crippen LogP) is 8.34. The fraction of sp³-hybridized carbons (Fsp3) is 0.333. The lowest BCUT2D eigenvalue weighted by atomic mass is 9.95. The minimum Gasteiger partial charge on any atom is -0.488 e. The molecule has 0 fully saturated rings. The molecule has 0 heterocycles. The second-order valence-corrected chi connectivity index (χ2v) is 17.8. The summed E-state index contributed by atoms with van der Waals surface area (Å²) in [7, 11) is 0.851. The van der Waals surface area contributed by atoms with Crippen LogP contribution in [-0.2, 0) is 38.5 Å². The maximum absolute atomic E-state index is 14.9. The van der Waals surface area contributed by atoms with E-state index in [1.54, 1.807) is 30.3 Å². The van der Waals surface area contributed by atoms with E-state index >= 15 is 0 Å². The minimum atomic E-state index is -2.12. The summed E-state index contributed by atoms with van der Waals surface area (Å²) in [5, 5.41) is -0.0113. The minimum absolute atomic E-state index is 0.00583. The Labute approximate surface area is 290 Å². The van der Waals surface area contributed by atoms with Crippen molar-refractivity contribution in [1.29, 1.82) is 0 Å². The van der Waals surface area contributed by atoms with Crippen LogP contribution >= 0.6 is 0 Å². The van der Waals surface area contributed by atoms with E-state index < -0.39 is 20.1 Å². The number of rotatable bonds is 17. The van der Waals surface area contributed by atoms with Gasteiger partial charge >= 0.3 is 5.97 Å². The lowest BCUT2D eigenvalue weighted by Gasteiger charge is -2.36. The van der Waals surface area contributed by atoms with Gasteiger partial charge in [-0.3, -0.25) is 4.79 Å². The van der Waals surface area contributed by atoms with Gasteiger partial charge in [-0.05, 0) is 59.1 Å². The Balaban J connectivity index is 1.82. The molecule has 4 aromatic rings. The maximum atomic E-state index is 14.9. The summed E-state index contributed by atoms with van der Waals surface area (Å²) >= 11 is 0. The molecule has 4 aromatic carbocycles. The second kappa shape index (κ2) is 17.3. The molecular weight excluding hydrogens is 641 g/mol. The molecule has 0 aliphatic heterocycles. The molecule has 4 rings (SSSR count). The third-order valence-electron chi connectivity index (χ3n) is 8.35. The second-order valence-electron chi connectivity index (χ2n) is 13.0. The first-order valence-corrected chi connectivity index (χ1v) is 19.0. The third-order valence-corrected chi connectivity index (χ3v) is 12.8. The smallest absolute Gasteiger partial charge is 0.339 e. The van der Waals surface area contributed by atoms with Gasteiger partial charge in [-0.25, -0.2) is 4.79 Å². The van der Waals surface area contributed by atoms with E-state index in [2.05, 4.69) is 33.9 Å². The number of ether oxygens (including phenoxy) is 6. The highest BCUT2D eigenvalue weighted by molar-refractivity contribution is 6.74. The lowest BCUT2D eigenvalue weighted by Crippen LogP contribution is -2.40. The first-order chi connectivity index (χ1) is 23.4. The molecule has 0 amide bonds. The van der Waals surface area contributed by atoms with Gasteiger partial charge in [0, 0.05) is 14.2 Å². The van der Waals surface area contributed by atoms with Gasteiger partial charge in [0.05, 0.1) is 17.7 Å². The zero-order valence-corrected chi connectivity index (χ0v) is 30.4. The molecular formula is C39H46O9Si. The third kappa shape index (κ3) is 10.0. The van der Waals surface area contributed by atoms with Gasteiger partial charge in [-0.1, -0.05) is 87.5 Å². The number of methoxy groups -OCH3 is 2. The molecule has 0 unspecified atom stereocenters. The van der Waals surface area contributed by atoms with Gasteiger partial charge in [0.1, 0.15) is 36.0 Å². The highest BCUT2D eigenvalue weighted by Gasteiger charge is 2.37. The van der Waals surface area contributed by atoms with Crippen molar-refractivity contribution in [3.63, 3.8) is 0 Å². The monoisotopic (exact) mass is 686 g/mol. The zero-order chi connectivity index (χ0) is 35.4. The van der Waals surface area contributed by atoms with Gasteiger partial charge in [0.15, 0.2) is 21.9 Å². The Hall–Kier alpha value is -4.48. The zero-order valence-electron chi connectivity index (χ0n) is 29.4. The molecule has 260 valence electrons. The Bertz CT molecular complexity index is 1650. The van der Waals surface area contributed by atoms with Gasteiger partial charge in [-0.2, -0.15) is 0 Å². The van der Waals surface area contributed by atoms with Crippen LogP contribution in [0.3, 0.4) is 0 Å². The van der Waals surface area contributed by atoms with E-state index in [0.29, 0.717) is 0 Å². The van der Waals surface area contributed by atoms with Crippen LogP contribution in [-0.4, -0.2) is 47.9 Å². The Morgan fingerprint density at radius 1 is 0.612 bits per heavy atom. The van der Waals surface area contributed by atoms with Crippen molar-refractivity contribution in [2.45, 2.75) is 58.7 Å². The number of carbonyl (C=O) groups is 2. The summed E-state index contributed by atoms with van der Waals surface area (Å²) in [5.74, 6) is -0.671. The quantitative estimate of drug-likeness (QED) is 0.0470. The molecule has 0 aromatic heterocycles. The van der Waals surface area contributed by atoms with Crippen molar-refractivity contribution < 1.29 is 42.4 Å². The van der Waals surface area contributed by atoms with Crippen molar-refractivity contribution >= 4 is 20.1 Å². The van der Waals surface area contributed by atoms with Crippen LogP contribution < -0.4 is 14.2 Å². The highest BCUT2D eigenvalue weighted by atomic mass is 28.4. The maximum Gasteiger partial charge on any atom is 0.339 e. The molecule has 9 nitrogen and oxygen atoms in total. The van der Waals surface area contributed by atoms with E-state index in [-0.39, 0.29) is 72.4 Å². The van der Waals surface area contributed by atoms with Gasteiger partial charge in [0.25, 0.3) is 0 Å². The summed E-state index contributed by atoms with van der Waals surface area (Å²) in [4.78, 5) is 28.5. The van der Waals surface area contributed by atoms with E-state index in [1.807, 2.05) is 60.7 Å². The molecule has 49 heavy (non-hydrogen) atoms. The Kier molecular flexibility index (Phi) is 13.1. The largest absolute Gasteiger partial charge is 0.488 e. The fourth-order valence-corrected chi connectivity index (χ4v) is 5.58. The average molecular weight is 687 g/mol. The lowest BCUT2D eigenvalue weighted by molar-refractivity contribution is 0.0438. The van der Waals surface area contributed by atoms with Crippen LogP contribution in [0.1, 0.15) is 63.7 Å². The number of hydrogen-bond acceptors (Lipinski definition) is 9. The number of carbonyl (C=O) groups excluding carboxylic acids is 2. The summed E-state index contributed by atoms with van der Waals surface area (Å²) in [6, 6.07) is 27.2. The van der Waals surface area contributed by atoms with Crippen LogP contribution in [0.15, 0.2) is 91.0 Å². The van der Waals surface area contributed by atoms with Crippen LogP contribution in [0.4, 0.5) is 0 Å². The molecule has 0 saturated heterocycles. The van der Waals surface area contributed by atoms with Gasteiger partial charge in [0.2, 0.25) is 5.78 Å². The topological polar surface area (TPSA) is 98.8 Å². The normalized spacial score (nSPS) is 11.6. The van der Waals surface area contributed by atoms with Crippen molar-refractivity contribution in [2.24, 2.45) is 0 Å². The molecule has 0 aliphatic carbocycles.